The summed E-state index contributed by atoms with van der Waals surface area (Å²) in [6.45, 7) is 0. The van der Waals surface area contributed by atoms with Gasteiger partial charge in [0.05, 0.1) is 4.92 Å². The van der Waals surface area contributed by atoms with Crippen molar-refractivity contribution in [2.24, 2.45) is 0 Å². The first-order valence-electron chi connectivity index (χ1n) is 5.37. The Hall–Kier alpha value is -2.01. The van der Waals surface area contributed by atoms with E-state index >= 15 is 0 Å². The third-order valence-electron chi connectivity index (χ3n) is 2.47. The Morgan fingerprint density at radius 3 is 2.56 bits per heavy atom. The molecule has 2 aromatic rings. The van der Waals surface area contributed by atoms with Gasteiger partial charge in [0.1, 0.15) is 0 Å². The van der Waals surface area contributed by atoms with Crippen LogP contribution < -0.4 is 5.73 Å². The summed E-state index contributed by atoms with van der Waals surface area (Å²) in [5.74, 6) is 0.623. The molecule has 0 saturated heterocycles. The molecule has 0 fully saturated rings. The number of nitro groups is 1. The van der Waals surface area contributed by atoms with Crippen molar-refractivity contribution in [1.82, 2.24) is 0 Å². The van der Waals surface area contributed by atoms with E-state index in [4.69, 9.17) is 5.73 Å². The van der Waals surface area contributed by atoms with E-state index in [1.807, 2.05) is 30.3 Å². The van der Waals surface area contributed by atoms with Crippen molar-refractivity contribution in [3.05, 3.63) is 64.2 Å². The van der Waals surface area contributed by atoms with Gasteiger partial charge < -0.3 is 5.73 Å². The first-order valence-corrected chi connectivity index (χ1v) is 6.36. The summed E-state index contributed by atoms with van der Waals surface area (Å²) >= 11 is 1.61. The second kappa shape index (κ2) is 5.55. The van der Waals surface area contributed by atoms with Crippen LogP contribution in [0, 0.1) is 10.1 Å². The third kappa shape index (κ3) is 3.01. The number of benzene rings is 2. The molecule has 92 valence electrons. The van der Waals surface area contributed by atoms with Gasteiger partial charge >= 0.3 is 0 Å². The number of thioether (sulfide) groups is 1. The van der Waals surface area contributed by atoms with E-state index < -0.39 is 4.92 Å². The Kier molecular flexibility index (Phi) is 3.84. The molecule has 4 nitrogen and oxygen atoms in total. The Labute approximate surface area is 109 Å². The maximum Gasteiger partial charge on any atom is 0.269 e. The van der Waals surface area contributed by atoms with Gasteiger partial charge in [-0.3, -0.25) is 10.1 Å². The van der Waals surface area contributed by atoms with Gasteiger partial charge in [-0.25, -0.2) is 0 Å². The Morgan fingerprint density at radius 2 is 1.89 bits per heavy atom. The predicted molar refractivity (Wildman–Crippen MR) is 73.5 cm³/mol. The highest BCUT2D eigenvalue weighted by atomic mass is 32.2. The van der Waals surface area contributed by atoms with Crippen molar-refractivity contribution >= 4 is 23.1 Å². The van der Waals surface area contributed by atoms with Gasteiger partial charge in [0, 0.05) is 28.5 Å². The summed E-state index contributed by atoms with van der Waals surface area (Å²) in [6, 6.07) is 14.4. The zero-order chi connectivity index (χ0) is 13.0. The van der Waals surface area contributed by atoms with E-state index in [2.05, 4.69) is 0 Å². The summed E-state index contributed by atoms with van der Waals surface area (Å²) in [7, 11) is 0. The summed E-state index contributed by atoms with van der Waals surface area (Å²) in [5.41, 5.74) is 7.27. The molecule has 5 heteroatoms. The minimum atomic E-state index is -0.407. The van der Waals surface area contributed by atoms with Gasteiger partial charge in [0.2, 0.25) is 0 Å². The Morgan fingerprint density at radius 1 is 1.17 bits per heavy atom. The van der Waals surface area contributed by atoms with E-state index in [-0.39, 0.29) is 5.69 Å². The number of nitro benzene ring substituents is 1. The standard InChI is InChI=1S/C13H12N2O2S/c14-13-7-6-11(15(16)17)8-10(13)9-18-12-4-2-1-3-5-12/h1-8H,9,14H2. The fraction of sp³-hybridized carbons (Fsp3) is 0.0769. The van der Waals surface area contributed by atoms with Gasteiger partial charge in [-0.05, 0) is 23.8 Å². The summed E-state index contributed by atoms with van der Waals surface area (Å²) in [4.78, 5) is 11.4. The average Bonchev–Trinajstić information content (AvgIpc) is 2.38. The first kappa shape index (κ1) is 12.4. The number of nitrogens with two attached hydrogens (primary N) is 1. The molecule has 0 aliphatic rings. The van der Waals surface area contributed by atoms with E-state index in [0.29, 0.717) is 11.4 Å². The molecular formula is C13H12N2O2S. The lowest BCUT2D eigenvalue weighted by molar-refractivity contribution is -0.384. The number of nitrogens with zero attached hydrogens (tertiary/aromatic N) is 1. The molecule has 18 heavy (non-hydrogen) atoms. The van der Waals surface area contributed by atoms with Crippen LogP contribution in [0.25, 0.3) is 0 Å². The van der Waals surface area contributed by atoms with E-state index in [0.717, 1.165) is 10.5 Å². The average molecular weight is 260 g/mol. The first-order chi connectivity index (χ1) is 8.66. The van der Waals surface area contributed by atoms with Crippen molar-refractivity contribution < 1.29 is 4.92 Å². The van der Waals surface area contributed by atoms with E-state index in [9.17, 15) is 10.1 Å². The van der Waals surface area contributed by atoms with Gasteiger partial charge in [-0.1, -0.05) is 18.2 Å². The molecule has 0 spiro atoms. The van der Waals surface area contributed by atoms with Crippen LogP contribution in [0.2, 0.25) is 0 Å². The molecule has 0 bridgehead atoms. The van der Waals surface area contributed by atoms with E-state index in [1.54, 1.807) is 17.8 Å². The number of anilines is 1. The molecule has 0 atom stereocenters. The van der Waals surface area contributed by atoms with Crippen LogP contribution in [-0.4, -0.2) is 4.92 Å². The van der Waals surface area contributed by atoms with Crippen molar-refractivity contribution in [2.45, 2.75) is 10.6 Å². The molecule has 0 saturated carbocycles. The molecular weight excluding hydrogens is 248 g/mol. The third-order valence-corrected chi connectivity index (χ3v) is 3.54. The maximum absolute atomic E-state index is 10.7. The van der Waals surface area contributed by atoms with Gasteiger partial charge in [-0.2, -0.15) is 0 Å². The lowest BCUT2D eigenvalue weighted by atomic mass is 10.2. The van der Waals surface area contributed by atoms with Crippen LogP contribution in [0.5, 0.6) is 0 Å². The monoisotopic (exact) mass is 260 g/mol. The molecule has 0 aliphatic heterocycles. The summed E-state index contributed by atoms with van der Waals surface area (Å²) < 4.78 is 0. The SMILES string of the molecule is Nc1ccc([N+](=O)[O-])cc1CSc1ccccc1. The second-order valence-electron chi connectivity index (χ2n) is 3.74. The molecule has 0 aromatic heterocycles. The highest BCUT2D eigenvalue weighted by Crippen LogP contribution is 2.27. The fourth-order valence-corrected chi connectivity index (χ4v) is 2.43. The zero-order valence-corrected chi connectivity index (χ0v) is 10.4. The number of non-ortho nitro benzene ring substituents is 1. The number of nitrogen functional groups attached to an aromatic ring is 1. The lowest BCUT2D eigenvalue weighted by Gasteiger charge is -2.05. The number of rotatable bonds is 4. The number of hydrogen-bond donors (Lipinski definition) is 1. The zero-order valence-electron chi connectivity index (χ0n) is 9.58. The van der Waals surface area contributed by atoms with Crippen molar-refractivity contribution in [2.75, 3.05) is 5.73 Å². The van der Waals surface area contributed by atoms with Crippen LogP contribution in [0.1, 0.15) is 5.56 Å². The van der Waals surface area contributed by atoms with Crippen LogP contribution in [0.4, 0.5) is 11.4 Å². The maximum atomic E-state index is 10.7. The van der Waals surface area contributed by atoms with Crippen molar-refractivity contribution in [1.29, 1.82) is 0 Å². The molecule has 0 aliphatic carbocycles. The number of hydrogen-bond acceptors (Lipinski definition) is 4. The van der Waals surface area contributed by atoms with Crippen LogP contribution in [0.3, 0.4) is 0 Å². The molecule has 2 rings (SSSR count). The predicted octanol–water partition coefficient (Wildman–Crippen LogP) is 3.47. The molecule has 2 aromatic carbocycles. The van der Waals surface area contributed by atoms with Crippen molar-refractivity contribution in [3.8, 4) is 0 Å². The van der Waals surface area contributed by atoms with Gasteiger partial charge in [0.25, 0.3) is 5.69 Å². The highest BCUT2D eigenvalue weighted by molar-refractivity contribution is 7.98. The minimum absolute atomic E-state index is 0.0767. The largest absolute Gasteiger partial charge is 0.398 e. The molecule has 2 N–H and O–H groups in total. The molecule has 0 heterocycles. The lowest BCUT2D eigenvalue weighted by Crippen LogP contribution is -1.95. The molecule has 0 radical (unpaired) electrons. The van der Waals surface area contributed by atoms with Gasteiger partial charge in [-0.15, -0.1) is 11.8 Å². The fourth-order valence-electron chi connectivity index (χ4n) is 1.51. The molecule has 0 amide bonds. The molecule has 0 unspecified atom stereocenters. The minimum Gasteiger partial charge on any atom is -0.398 e. The van der Waals surface area contributed by atoms with Gasteiger partial charge in [0.15, 0.2) is 0 Å². The van der Waals surface area contributed by atoms with Crippen molar-refractivity contribution in [3.63, 3.8) is 0 Å². The topological polar surface area (TPSA) is 69.2 Å². The second-order valence-corrected chi connectivity index (χ2v) is 4.79. The quantitative estimate of drug-likeness (QED) is 0.395. The van der Waals surface area contributed by atoms with Crippen LogP contribution in [0.15, 0.2) is 53.4 Å². The Balaban J connectivity index is 2.14. The summed E-state index contributed by atoms with van der Waals surface area (Å²) in [5, 5.41) is 10.7. The normalized spacial score (nSPS) is 10.2. The van der Waals surface area contributed by atoms with E-state index in [1.165, 1.54) is 12.1 Å². The highest BCUT2D eigenvalue weighted by Gasteiger charge is 2.09. The summed E-state index contributed by atoms with van der Waals surface area (Å²) in [6.07, 6.45) is 0. The smallest absolute Gasteiger partial charge is 0.269 e. The van der Waals surface area contributed by atoms with Crippen LogP contribution in [-0.2, 0) is 5.75 Å². The van der Waals surface area contributed by atoms with Crippen LogP contribution >= 0.6 is 11.8 Å². The Bertz CT molecular complexity index is 558.